The van der Waals surface area contributed by atoms with Crippen molar-refractivity contribution in [1.29, 1.82) is 0 Å². The summed E-state index contributed by atoms with van der Waals surface area (Å²) in [6, 6.07) is 0. The Hall–Kier alpha value is -1.38. The lowest BCUT2D eigenvalue weighted by Crippen LogP contribution is -2.49. The third-order valence-electron chi connectivity index (χ3n) is 1.70. The Morgan fingerprint density at radius 3 is 2.47 bits per heavy atom. The Morgan fingerprint density at radius 1 is 1.42 bits per heavy atom. The smallest absolute Gasteiger partial charge is 0.222 e. The first-order valence-electron chi connectivity index (χ1n) is 5.69. The predicted octanol–water partition coefficient (Wildman–Crippen LogP) is 2.27. The SMILES string of the molecule is C=CNC(=NC)N(C=NC(C)I)NC(C)=NC(=C)C. The summed E-state index contributed by atoms with van der Waals surface area (Å²) in [5, 5.41) is 4.56. The van der Waals surface area contributed by atoms with E-state index in [9.17, 15) is 0 Å². The molecule has 0 saturated carbocycles. The van der Waals surface area contributed by atoms with Crippen molar-refractivity contribution in [3.8, 4) is 0 Å². The number of hydrogen-bond acceptors (Lipinski definition) is 3. The molecule has 6 nitrogen and oxygen atoms in total. The van der Waals surface area contributed by atoms with E-state index < -0.39 is 0 Å². The molecule has 0 fully saturated rings. The first-order valence-corrected chi connectivity index (χ1v) is 6.93. The zero-order valence-electron chi connectivity index (χ0n) is 11.8. The average molecular weight is 376 g/mol. The van der Waals surface area contributed by atoms with Gasteiger partial charge in [0.05, 0.1) is 0 Å². The van der Waals surface area contributed by atoms with Gasteiger partial charge in [0.1, 0.15) is 16.2 Å². The second kappa shape index (κ2) is 9.54. The maximum Gasteiger partial charge on any atom is 0.222 e. The van der Waals surface area contributed by atoms with E-state index in [0.717, 1.165) is 5.70 Å². The predicted molar refractivity (Wildman–Crippen MR) is 91.6 cm³/mol. The number of nitrogens with zero attached hydrogens (tertiary/aromatic N) is 4. The van der Waals surface area contributed by atoms with Crippen LogP contribution in [0.1, 0.15) is 20.8 Å². The Labute approximate surface area is 128 Å². The highest BCUT2D eigenvalue weighted by Crippen LogP contribution is 1.98. The Morgan fingerprint density at radius 2 is 2.05 bits per heavy atom. The van der Waals surface area contributed by atoms with Crippen LogP contribution in [0.15, 0.2) is 40.0 Å². The number of alkyl halides is 1. The molecule has 1 unspecified atom stereocenters. The molecule has 0 amide bonds. The van der Waals surface area contributed by atoms with E-state index in [1.807, 2.05) is 20.8 Å². The molecule has 0 aromatic rings. The van der Waals surface area contributed by atoms with E-state index in [1.165, 1.54) is 0 Å². The molecule has 0 aliphatic rings. The maximum atomic E-state index is 4.30. The van der Waals surface area contributed by atoms with E-state index >= 15 is 0 Å². The van der Waals surface area contributed by atoms with E-state index in [1.54, 1.807) is 24.6 Å². The van der Waals surface area contributed by atoms with Gasteiger partial charge in [0.25, 0.3) is 0 Å². The molecule has 2 N–H and O–H groups in total. The summed E-state index contributed by atoms with van der Waals surface area (Å²) < 4.78 is 0.155. The van der Waals surface area contributed by atoms with Crippen molar-refractivity contribution in [3.05, 3.63) is 25.1 Å². The number of guanidine groups is 1. The number of halogens is 1. The van der Waals surface area contributed by atoms with E-state index in [4.69, 9.17) is 0 Å². The fourth-order valence-electron chi connectivity index (χ4n) is 1.11. The van der Waals surface area contributed by atoms with Gasteiger partial charge in [-0.05, 0) is 27.0 Å². The number of rotatable bonds is 4. The topological polar surface area (TPSA) is 64.4 Å². The molecule has 0 saturated heterocycles. The van der Waals surface area contributed by atoms with Gasteiger partial charge in [-0.3, -0.25) is 15.4 Å². The minimum Gasteiger partial charge on any atom is -0.332 e. The third kappa shape index (κ3) is 8.36. The van der Waals surface area contributed by atoms with Crippen LogP contribution in [0.5, 0.6) is 0 Å². The molecule has 0 heterocycles. The van der Waals surface area contributed by atoms with Gasteiger partial charge in [-0.25, -0.2) is 10.0 Å². The van der Waals surface area contributed by atoms with Gasteiger partial charge in [-0.15, -0.1) is 0 Å². The molecular formula is C12H21IN6. The average Bonchev–Trinajstić information content (AvgIpc) is 2.30. The monoisotopic (exact) mass is 376 g/mol. The van der Waals surface area contributed by atoms with Crippen LogP contribution in [-0.2, 0) is 0 Å². The summed E-state index contributed by atoms with van der Waals surface area (Å²) in [5.74, 6) is 1.25. The second-order valence-electron chi connectivity index (χ2n) is 3.65. The van der Waals surface area contributed by atoms with Crippen LogP contribution in [0.4, 0.5) is 0 Å². The van der Waals surface area contributed by atoms with Crippen molar-refractivity contribution in [2.24, 2.45) is 15.0 Å². The van der Waals surface area contributed by atoms with Gasteiger partial charge in [-0.2, -0.15) is 0 Å². The second-order valence-corrected chi connectivity index (χ2v) is 5.45. The highest BCUT2D eigenvalue weighted by atomic mass is 127. The molecule has 0 bridgehead atoms. The number of nitrogens with one attached hydrogen (secondary N) is 2. The molecule has 7 heteroatoms. The molecule has 0 aromatic carbocycles. The van der Waals surface area contributed by atoms with Crippen LogP contribution >= 0.6 is 22.6 Å². The summed E-state index contributed by atoms with van der Waals surface area (Å²) >= 11 is 2.21. The highest BCUT2D eigenvalue weighted by molar-refractivity contribution is 14.1. The van der Waals surface area contributed by atoms with Crippen LogP contribution in [0, 0.1) is 0 Å². The minimum atomic E-state index is 0.155. The minimum absolute atomic E-state index is 0.155. The number of allylic oxidation sites excluding steroid dienone is 1. The van der Waals surface area contributed by atoms with Gasteiger partial charge in [0.15, 0.2) is 0 Å². The zero-order valence-corrected chi connectivity index (χ0v) is 14.0. The van der Waals surface area contributed by atoms with Gasteiger partial charge >= 0.3 is 0 Å². The lowest BCUT2D eigenvalue weighted by molar-refractivity contribution is 0.549. The lowest BCUT2D eigenvalue weighted by Gasteiger charge is -2.22. The Balaban J connectivity index is 5.05. The molecule has 0 aliphatic heterocycles. The molecule has 0 spiro atoms. The number of hydrazine groups is 1. The molecule has 0 radical (unpaired) electrons. The quantitative estimate of drug-likeness (QED) is 0.198. The Kier molecular flexibility index (Phi) is 8.84. The van der Waals surface area contributed by atoms with Gasteiger partial charge < -0.3 is 5.32 Å². The van der Waals surface area contributed by atoms with Crippen LogP contribution in [0.25, 0.3) is 0 Å². The normalized spacial score (nSPS) is 14.2. The fourth-order valence-corrected chi connectivity index (χ4v) is 1.26. The van der Waals surface area contributed by atoms with E-state index in [0.29, 0.717) is 11.8 Å². The van der Waals surface area contributed by atoms with Crippen molar-refractivity contribution in [3.63, 3.8) is 0 Å². The highest BCUT2D eigenvalue weighted by Gasteiger charge is 2.08. The molecule has 0 aromatic heterocycles. The largest absolute Gasteiger partial charge is 0.332 e. The molecule has 0 rings (SSSR count). The van der Waals surface area contributed by atoms with Crippen LogP contribution < -0.4 is 10.7 Å². The number of hydrogen-bond donors (Lipinski definition) is 2. The van der Waals surface area contributed by atoms with E-state index in [-0.39, 0.29) is 4.05 Å². The number of aliphatic imine (C=N–C) groups is 3. The summed E-state index contributed by atoms with van der Waals surface area (Å²) in [5.41, 5.74) is 3.79. The standard InChI is InChI=1S/C12H21IN6/c1-7-15-12(14-6)19(8-16-10(4)13)18-11(5)17-9(2)3/h7-8,10H,1-2H2,3-6H3,(H,14,15)(H,17,18). The Bertz CT molecular complexity index is 397. The number of amidine groups is 1. The van der Waals surface area contributed by atoms with Crippen LogP contribution in [-0.4, -0.2) is 34.2 Å². The summed E-state index contributed by atoms with van der Waals surface area (Å²) in [7, 11) is 1.67. The van der Waals surface area contributed by atoms with E-state index in [2.05, 4.69) is 61.5 Å². The van der Waals surface area contributed by atoms with Crippen molar-refractivity contribution < 1.29 is 0 Å². The van der Waals surface area contributed by atoms with Gasteiger partial charge in [0, 0.05) is 12.7 Å². The molecular weight excluding hydrogens is 355 g/mol. The zero-order chi connectivity index (χ0) is 14.8. The van der Waals surface area contributed by atoms with Crippen molar-refractivity contribution in [2.45, 2.75) is 24.8 Å². The summed E-state index contributed by atoms with van der Waals surface area (Å²) in [4.78, 5) is 12.6. The van der Waals surface area contributed by atoms with Crippen LogP contribution in [0.2, 0.25) is 0 Å². The fraction of sp³-hybridized carbons (Fsp3) is 0.417. The summed E-state index contributed by atoms with van der Waals surface area (Å²) in [6.45, 7) is 13.0. The first kappa shape index (κ1) is 17.6. The lowest BCUT2D eigenvalue weighted by atomic mass is 10.5. The maximum absolute atomic E-state index is 4.30. The van der Waals surface area contributed by atoms with Gasteiger partial charge in [0.2, 0.25) is 5.96 Å². The third-order valence-corrected chi connectivity index (χ3v) is 2.02. The molecule has 19 heavy (non-hydrogen) atoms. The molecule has 1 atom stereocenters. The molecule has 0 aliphatic carbocycles. The van der Waals surface area contributed by atoms with Crippen molar-refractivity contribution in [2.75, 3.05) is 7.05 Å². The summed E-state index contributed by atoms with van der Waals surface area (Å²) in [6.07, 6.45) is 3.19. The van der Waals surface area contributed by atoms with Gasteiger partial charge in [-0.1, -0.05) is 35.7 Å². The van der Waals surface area contributed by atoms with Crippen LogP contribution in [0.3, 0.4) is 0 Å². The molecule has 106 valence electrons. The van der Waals surface area contributed by atoms with Crippen molar-refractivity contribution in [1.82, 2.24) is 15.8 Å². The van der Waals surface area contributed by atoms with Crippen molar-refractivity contribution >= 4 is 40.7 Å². The first-order chi connectivity index (χ1) is 8.90.